The lowest BCUT2D eigenvalue weighted by Crippen LogP contribution is -2.48. The third-order valence-electron chi connectivity index (χ3n) is 2.80. The van der Waals surface area contributed by atoms with Crippen LogP contribution in [0.4, 0.5) is 4.79 Å². The first-order chi connectivity index (χ1) is 8.95. The number of carbonyl (C=O) groups is 3. The van der Waals surface area contributed by atoms with Crippen molar-refractivity contribution >= 4 is 18.0 Å². The van der Waals surface area contributed by atoms with Crippen LogP contribution in [0.5, 0.6) is 0 Å². The smallest absolute Gasteiger partial charge is 0.328 e. The van der Waals surface area contributed by atoms with Crippen molar-refractivity contribution in [3.05, 3.63) is 0 Å². The van der Waals surface area contributed by atoms with E-state index in [1.165, 1.54) is 11.8 Å². The SMILES string of the molecule is CCOC(=O)C(C)NC(=O)N(CCC(=O)O)C1CC1. The summed E-state index contributed by atoms with van der Waals surface area (Å²) in [6.45, 7) is 3.64. The molecule has 1 unspecified atom stereocenters. The van der Waals surface area contributed by atoms with Crippen molar-refractivity contribution in [2.24, 2.45) is 0 Å². The monoisotopic (exact) mass is 272 g/mol. The Morgan fingerprint density at radius 2 is 2.05 bits per heavy atom. The molecule has 19 heavy (non-hydrogen) atoms. The second-order valence-electron chi connectivity index (χ2n) is 4.49. The number of nitrogens with one attached hydrogen (secondary N) is 1. The van der Waals surface area contributed by atoms with Crippen LogP contribution in [0, 0.1) is 0 Å². The van der Waals surface area contributed by atoms with Crippen LogP contribution in [0.15, 0.2) is 0 Å². The molecule has 7 nitrogen and oxygen atoms in total. The summed E-state index contributed by atoms with van der Waals surface area (Å²) in [5.74, 6) is -1.44. The number of nitrogens with zero attached hydrogens (tertiary/aromatic N) is 1. The quantitative estimate of drug-likeness (QED) is 0.661. The van der Waals surface area contributed by atoms with E-state index >= 15 is 0 Å². The summed E-state index contributed by atoms with van der Waals surface area (Å²) in [5, 5.41) is 11.2. The van der Waals surface area contributed by atoms with Crippen LogP contribution in [0.1, 0.15) is 33.1 Å². The number of urea groups is 1. The molecule has 108 valence electrons. The number of carbonyl (C=O) groups excluding carboxylic acids is 2. The largest absolute Gasteiger partial charge is 0.481 e. The second kappa shape index (κ2) is 6.96. The molecule has 0 spiro atoms. The summed E-state index contributed by atoms with van der Waals surface area (Å²) >= 11 is 0. The molecule has 1 atom stereocenters. The Balaban J connectivity index is 2.47. The fourth-order valence-corrected chi connectivity index (χ4v) is 1.65. The number of amides is 2. The molecular formula is C12H20N2O5. The fraction of sp³-hybridized carbons (Fsp3) is 0.750. The predicted molar refractivity (Wildman–Crippen MR) is 66.6 cm³/mol. The molecule has 0 radical (unpaired) electrons. The first kappa shape index (κ1) is 15.3. The van der Waals surface area contributed by atoms with Gasteiger partial charge in [0.1, 0.15) is 6.04 Å². The number of hydrogen-bond donors (Lipinski definition) is 2. The third-order valence-corrected chi connectivity index (χ3v) is 2.80. The molecule has 0 saturated heterocycles. The maximum absolute atomic E-state index is 12.0. The number of ether oxygens (including phenoxy) is 1. The van der Waals surface area contributed by atoms with Crippen LogP contribution in [-0.2, 0) is 14.3 Å². The van der Waals surface area contributed by atoms with Crippen LogP contribution in [0.2, 0.25) is 0 Å². The lowest BCUT2D eigenvalue weighted by Gasteiger charge is -2.23. The van der Waals surface area contributed by atoms with Gasteiger partial charge in [0.15, 0.2) is 0 Å². The zero-order valence-corrected chi connectivity index (χ0v) is 11.2. The molecule has 0 aromatic heterocycles. The van der Waals surface area contributed by atoms with Gasteiger partial charge in [0.2, 0.25) is 0 Å². The topological polar surface area (TPSA) is 95.9 Å². The summed E-state index contributed by atoms with van der Waals surface area (Å²) in [4.78, 5) is 35.4. The lowest BCUT2D eigenvalue weighted by molar-refractivity contribution is -0.145. The average Bonchev–Trinajstić information content (AvgIpc) is 3.13. The van der Waals surface area contributed by atoms with Crippen molar-refractivity contribution in [1.82, 2.24) is 10.2 Å². The number of hydrogen-bond acceptors (Lipinski definition) is 4. The Morgan fingerprint density at radius 1 is 1.42 bits per heavy atom. The number of carboxylic acids is 1. The van der Waals surface area contributed by atoms with Crippen molar-refractivity contribution in [2.45, 2.75) is 45.2 Å². The summed E-state index contributed by atoms with van der Waals surface area (Å²) in [6, 6.07) is -1.06. The second-order valence-corrected chi connectivity index (χ2v) is 4.49. The van der Waals surface area contributed by atoms with Gasteiger partial charge in [-0.3, -0.25) is 4.79 Å². The molecule has 1 saturated carbocycles. The van der Waals surface area contributed by atoms with E-state index in [4.69, 9.17) is 9.84 Å². The highest BCUT2D eigenvalue weighted by atomic mass is 16.5. The number of aliphatic carboxylic acids is 1. The molecule has 7 heteroatoms. The van der Waals surface area contributed by atoms with Gasteiger partial charge in [0.25, 0.3) is 0 Å². The summed E-state index contributed by atoms with van der Waals surface area (Å²) in [6.07, 6.45) is 1.65. The molecule has 0 aliphatic heterocycles. The van der Waals surface area contributed by atoms with Gasteiger partial charge in [-0.15, -0.1) is 0 Å². The van der Waals surface area contributed by atoms with Crippen molar-refractivity contribution in [3.63, 3.8) is 0 Å². The van der Waals surface area contributed by atoms with E-state index < -0.39 is 24.0 Å². The molecular weight excluding hydrogens is 252 g/mol. The molecule has 2 amide bonds. The van der Waals surface area contributed by atoms with Gasteiger partial charge >= 0.3 is 18.0 Å². The first-order valence-corrected chi connectivity index (χ1v) is 6.41. The van der Waals surface area contributed by atoms with Crippen molar-refractivity contribution < 1.29 is 24.2 Å². The van der Waals surface area contributed by atoms with E-state index in [2.05, 4.69) is 5.32 Å². The third kappa shape index (κ3) is 5.15. The minimum atomic E-state index is -0.947. The molecule has 1 fully saturated rings. The molecule has 1 aliphatic carbocycles. The van der Waals surface area contributed by atoms with Crippen LogP contribution in [-0.4, -0.2) is 53.2 Å². The number of carboxylic acid groups (broad SMARTS) is 1. The maximum Gasteiger partial charge on any atom is 0.328 e. The Kier molecular flexibility index (Phi) is 5.59. The Labute approximate surface area is 111 Å². The van der Waals surface area contributed by atoms with E-state index in [9.17, 15) is 14.4 Å². The van der Waals surface area contributed by atoms with Crippen molar-refractivity contribution in [2.75, 3.05) is 13.2 Å². The molecule has 1 aliphatic rings. The zero-order valence-electron chi connectivity index (χ0n) is 11.2. The predicted octanol–water partition coefficient (Wildman–Crippen LogP) is 0.587. The fourth-order valence-electron chi connectivity index (χ4n) is 1.65. The summed E-state index contributed by atoms with van der Waals surface area (Å²) < 4.78 is 4.79. The highest BCUT2D eigenvalue weighted by Crippen LogP contribution is 2.27. The Bertz CT molecular complexity index is 354. The van der Waals surface area contributed by atoms with Gasteiger partial charge in [0, 0.05) is 12.6 Å². The van der Waals surface area contributed by atoms with Crippen molar-refractivity contribution in [1.29, 1.82) is 0 Å². The van der Waals surface area contributed by atoms with E-state index in [0.717, 1.165) is 12.8 Å². The Hall–Kier alpha value is -1.79. The highest BCUT2D eigenvalue weighted by molar-refractivity contribution is 5.83. The van der Waals surface area contributed by atoms with Crippen LogP contribution < -0.4 is 5.32 Å². The maximum atomic E-state index is 12.0. The lowest BCUT2D eigenvalue weighted by atomic mass is 10.3. The minimum absolute atomic E-state index is 0.0914. The van der Waals surface area contributed by atoms with Gasteiger partial charge in [0.05, 0.1) is 13.0 Å². The molecule has 0 heterocycles. The van der Waals surface area contributed by atoms with E-state index in [-0.39, 0.29) is 25.6 Å². The molecule has 0 aromatic carbocycles. The van der Waals surface area contributed by atoms with Crippen LogP contribution in [0.3, 0.4) is 0 Å². The van der Waals surface area contributed by atoms with Gasteiger partial charge in [-0.2, -0.15) is 0 Å². The van der Waals surface area contributed by atoms with Gasteiger partial charge < -0.3 is 20.1 Å². The molecule has 2 N–H and O–H groups in total. The Morgan fingerprint density at radius 3 is 2.53 bits per heavy atom. The zero-order chi connectivity index (χ0) is 14.4. The standard InChI is InChI=1S/C12H20N2O5/c1-3-19-11(17)8(2)13-12(18)14(9-4-5-9)7-6-10(15)16/h8-9H,3-7H2,1-2H3,(H,13,18)(H,15,16). The van der Waals surface area contributed by atoms with E-state index in [1.807, 2.05) is 0 Å². The van der Waals surface area contributed by atoms with Crippen molar-refractivity contribution in [3.8, 4) is 0 Å². The number of esters is 1. The molecule has 1 rings (SSSR count). The first-order valence-electron chi connectivity index (χ1n) is 6.41. The minimum Gasteiger partial charge on any atom is -0.481 e. The molecule has 0 bridgehead atoms. The molecule has 0 aromatic rings. The van der Waals surface area contributed by atoms with E-state index in [0.29, 0.717) is 0 Å². The normalized spacial score (nSPS) is 15.5. The highest BCUT2D eigenvalue weighted by Gasteiger charge is 2.33. The van der Waals surface area contributed by atoms with Gasteiger partial charge in [-0.05, 0) is 26.7 Å². The van der Waals surface area contributed by atoms with E-state index in [1.54, 1.807) is 6.92 Å². The average molecular weight is 272 g/mol. The van der Waals surface area contributed by atoms with Crippen LogP contribution in [0.25, 0.3) is 0 Å². The summed E-state index contributed by atoms with van der Waals surface area (Å²) in [5.41, 5.74) is 0. The number of rotatable bonds is 7. The van der Waals surface area contributed by atoms with Crippen LogP contribution >= 0.6 is 0 Å². The van der Waals surface area contributed by atoms with Gasteiger partial charge in [-0.25, -0.2) is 9.59 Å². The summed E-state index contributed by atoms with van der Waals surface area (Å²) in [7, 11) is 0. The van der Waals surface area contributed by atoms with Gasteiger partial charge in [-0.1, -0.05) is 0 Å².